The molecule has 9 heteroatoms. The van der Waals surface area contributed by atoms with E-state index in [1.807, 2.05) is 31.2 Å². The Balaban J connectivity index is 1.24. The molecule has 180 valence electrons. The van der Waals surface area contributed by atoms with Crippen molar-refractivity contribution in [3.05, 3.63) is 65.8 Å². The largest absolute Gasteiger partial charge is 0.497 e. The molecule has 1 aliphatic rings. The summed E-state index contributed by atoms with van der Waals surface area (Å²) >= 11 is 0. The Morgan fingerprint density at radius 2 is 1.74 bits per heavy atom. The van der Waals surface area contributed by atoms with Crippen LogP contribution >= 0.6 is 0 Å². The van der Waals surface area contributed by atoms with Crippen molar-refractivity contribution in [3.8, 4) is 17.1 Å². The molecule has 0 radical (unpaired) electrons. The van der Waals surface area contributed by atoms with Gasteiger partial charge in [0.05, 0.1) is 26.2 Å². The second-order valence-corrected chi connectivity index (χ2v) is 8.52. The number of ether oxygens (including phenoxy) is 1. The lowest BCUT2D eigenvalue weighted by Gasteiger charge is -2.35. The highest BCUT2D eigenvalue weighted by Gasteiger charge is 2.24. The van der Waals surface area contributed by atoms with E-state index in [9.17, 15) is 9.18 Å². The third-order valence-electron chi connectivity index (χ3n) is 6.33. The molecule has 1 amide bonds. The Bertz CT molecular complexity index is 1080. The number of likely N-dealkylation sites (N-methyl/N-ethyl adjacent to an activating group) is 1. The van der Waals surface area contributed by atoms with Gasteiger partial charge in [-0.25, -0.2) is 4.39 Å². The van der Waals surface area contributed by atoms with E-state index in [2.05, 4.69) is 19.9 Å². The zero-order valence-corrected chi connectivity index (χ0v) is 19.8. The van der Waals surface area contributed by atoms with Crippen molar-refractivity contribution in [2.45, 2.75) is 19.5 Å². The fourth-order valence-corrected chi connectivity index (χ4v) is 3.96. The molecular formula is C25H30FN5O3. The predicted octanol–water partition coefficient (Wildman–Crippen LogP) is 3.22. The zero-order valence-electron chi connectivity index (χ0n) is 19.8. The van der Waals surface area contributed by atoms with Gasteiger partial charge in [-0.2, -0.15) is 4.98 Å². The van der Waals surface area contributed by atoms with Crippen LogP contribution in [0.5, 0.6) is 5.75 Å². The van der Waals surface area contributed by atoms with E-state index in [-0.39, 0.29) is 17.8 Å². The van der Waals surface area contributed by atoms with Gasteiger partial charge in [0.2, 0.25) is 17.6 Å². The van der Waals surface area contributed by atoms with Crippen LogP contribution in [0.2, 0.25) is 0 Å². The maximum Gasteiger partial charge on any atom is 0.241 e. The summed E-state index contributed by atoms with van der Waals surface area (Å²) in [6.45, 7) is 6.07. The number of aromatic nitrogens is 2. The SMILES string of the molecule is COc1ccc(-c2noc(CN3CCN(CC(=O)N(C)C(C)c4ccc(F)cc4)CC3)n2)cc1. The third kappa shape index (κ3) is 5.78. The molecule has 0 N–H and O–H groups in total. The third-order valence-corrected chi connectivity index (χ3v) is 6.33. The van der Waals surface area contributed by atoms with E-state index >= 15 is 0 Å². The summed E-state index contributed by atoms with van der Waals surface area (Å²) in [5.74, 6) is 1.68. The summed E-state index contributed by atoms with van der Waals surface area (Å²) in [4.78, 5) is 23.4. The second kappa shape index (κ2) is 10.8. The number of hydrogen-bond donors (Lipinski definition) is 0. The van der Waals surface area contributed by atoms with Crippen LogP contribution in [0.4, 0.5) is 4.39 Å². The van der Waals surface area contributed by atoms with Gasteiger partial charge in [0, 0.05) is 38.8 Å². The fraction of sp³-hybridized carbons (Fsp3) is 0.400. The van der Waals surface area contributed by atoms with Gasteiger partial charge < -0.3 is 14.2 Å². The summed E-state index contributed by atoms with van der Waals surface area (Å²) in [6, 6.07) is 13.7. The molecule has 1 unspecified atom stereocenters. The lowest BCUT2D eigenvalue weighted by atomic mass is 10.1. The normalized spacial score (nSPS) is 15.8. The molecular weight excluding hydrogens is 437 g/mol. The van der Waals surface area contributed by atoms with Gasteiger partial charge >= 0.3 is 0 Å². The standard InChI is InChI=1S/C25H30FN5O3/c1-18(19-4-8-21(26)9-5-19)29(2)24(32)17-31-14-12-30(13-15-31)16-23-27-25(28-34-23)20-6-10-22(33-3)11-7-20/h4-11,18H,12-17H2,1-3H3. The van der Waals surface area contributed by atoms with E-state index < -0.39 is 0 Å². The van der Waals surface area contributed by atoms with Gasteiger partial charge in [0.15, 0.2) is 0 Å². The maximum atomic E-state index is 13.2. The first-order valence-electron chi connectivity index (χ1n) is 11.4. The highest BCUT2D eigenvalue weighted by Crippen LogP contribution is 2.21. The first-order valence-corrected chi connectivity index (χ1v) is 11.4. The molecule has 4 rings (SSSR count). The maximum absolute atomic E-state index is 13.2. The minimum absolute atomic E-state index is 0.0475. The summed E-state index contributed by atoms with van der Waals surface area (Å²) in [6.07, 6.45) is 0. The summed E-state index contributed by atoms with van der Waals surface area (Å²) in [5.41, 5.74) is 1.79. The van der Waals surface area contributed by atoms with Crippen LogP contribution in [0.15, 0.2) is 53.1 Å². The van der Waals surface area contributed by atoms with Crippen LogP contribution in [0.25, 0.3) is 11.4 Å². The average Bonchev–Trinajstić information content (AvgIpc) is 3.33. The van der Waals surface area contributed by atoms with Crippen molar-refractivity contribution in [2.24, 2.45) is 0 Å². The van der Waals surface area contributed by atoms with Crippen LogP contribution in [0.1, 0.15) is 24.4 Å². The summed E-state index contributed by atoms with van der Waals surface area (Å²) in [7, 11) is 3.42. The van der Waals surface area contributed by atoms with E-state index in [0.29, 0.717) is 24.8 Å². The molecule has 1 saturated heterocycles. The van der Waals surface area contributed by atoms with Gasteiger partial charge in [0.25, 0.3) is 0 Å². The van der Waals surface area contributed by atoms with Crippen molar-refractivity contribution >= 4 is 5.91 Å². The molecule has 1 atom stereocenters. The van der Waals surface area contributed by atoms with Crippen LogP contribution in [-0.2, 0) is 11.3 Å². The van der Waals surface area contributed by atoms with Gasteiger partial charge in [-0.05, 0) is 48.9 Å². The number of rotatable bonds is 8. The highest BCUT2D eigenvalue weighted by molar-refractivity contribution is 5.78. The molecule has 2 aromatic carbocycles. The molecule has 3 aromatic rings. The second-order valence-electron chi connectivity index (χ2n) is 8.52. The van der Waals surface area contributed by atoms with Crippen molar-refractivity contribution in [3.63, 3.8) is 0 Å². The minimum atomic E-state index is -0.278. The molecule has 0 spiro atoms. The number of amides is 1. The Morgan fingerprint density at radius 3 is 2.38 bits per heavy atom. The van der Waals surface area contributed by atoms with Crippen molar-refractivity contribution < 1.29 is 18.4 Å². The molecule has 0 bridgehead atoms. The molecule has 8 nitrogen and oxygen atoms in total. The Kier molecular flexibility index (Phi) is 7.54. The van der Waals surface area contributed by atoms with E-state index in [0.717, 1.165) is 43.1 Å². The van der Waals surface area contributed by atoms with Gasteiger partial charge in [-0.15, -0.1) is 0 Å². The minimum Gasteiger partial charge on any atom is -0.497 e. The van der Waals surface area contributed by atoms with Gasteiger partial charge in [-0.3, -0.25) is 14.6 Å². The summed E-state index contributed by atoms with van der Waals surface area (Å²) in [5, 5.41) is 4.09. The molecule has 34 heavy (non-hydrogen) atoms. The number of benzene rings is 2. The quantitative estimate of drug-likeness (QED) is 0.504. The van der Waals surface area contributed by atoms with Crippen LogP contribution < -0.4 is 4.74 Å². The number of methoxy groups -OCH3 is 1. The number of carbonyl (C=O) groups excluding carboxylic acids is 1. The molecule has 1 aromatic heterocycles. The molecule has 2 heterocycles. The van der Waals surface area contributed by atoms with Crippen molar-refractivity contribution in [1.82, 2.24) is 24.8 Å². The lowest BCUT2D eigenvalue weighted by Crippen LogP contribution is -2.49. The number of nitrogens with zero attached hydrogens (tertiary/aromatic N) is 5. The topological polar surface area (TPSA) is 74.9 Å². The van der Waals surface area contributed by atoms with E-state index in [1.165, 1.54) is 12.1 Å². The number of halogens is 1. The predicted molar refractivity (Wildman–Crippen MR) is 126 cm³/mol. The van der Waals surface area contributed by atoms with Gasteiger partial charge in [0.1, 0.15) is 11.6 Å². The first kappa shape index (κ1) is 23.8. The number of hydrogen-bond acceptors (Lipinski definition) is 7. The Labute approximate surface area is 198 Å². The van der Waals surface area contributed by atoms with Crippen LogP contribution in [0, 0.1) is 5.82 Å². The smallest absolute Gasteiger partial charge is 0.241 e. The van der Waals surface area contributed by atoms with Crippen molar-refractivity contribution in [1.29, 1.82) is 0 Å². The van der Waals surface area contributed by atoms with E-state index in [1.54, 1.807) is 31.2 Å². The molecule has 1 fully saturated rings. The average molecular weight is 468 g/mol. The number of piperazine rings is 1. The molecule has 1 aliphatic heterocycles. The Hall–Kier alpha value is -3.30. The highest BCUT2D eigenvalue weighted by atomic mass is 19.1. The lowest BCUT2D eigenvalue weighted by molar-refractivity contribution is -0.133. The van der Waals surface area contributed by atoms with Gasteiger partial charge in [-0.1, -0.05) is 17.3 Å². The Morgan fingerprint density at radius 1 is 1.09 bits per heavy atom. The van der Waals surface area contributed by atoms with Crippen LogP contribution in [0.3, 0.4) is 0 Å². The first-order chi connectivity index (χ1) is 16.4. The van der Waals surface area contributed by atoms with Crippen LogP contribution in [-0.4, -0.2) is 77.6 Å². The monoisotopic (exact) mass is 467 g/mol. The van der Waals surface area contributed by atoms with Crippen molar-refractivity contribution in [2.75, 3.05) is 46.9 Å². The molecule has 0 saturated carbocycles. The fourth-order valence-electron chi connectivity index (χ4n) is 3.96. The summed E-state index contributed by atoms with van der Waals surface area (Å²) < 4.78 is 23.8. The zero-order chi connectivity index (χ0) is 24.1. The molecule has 0 aliphatic carbocycles. The number of carbonyl (C=O) groups is 1. The van der Waals surface area contributed by atoms with E-state index in [4.69, 9.17) is 9.26 Å².